The van der Waals surface area contributed by atoms with E-state index in [0.29, 0.717) is 30.4 Å². The minimum atomic E-state index is -0.118. The molecule has 1 fully saturated rings. The Hall–Kier alpha value is -0.950. The molecule has 25 heavy (non-hydrogen) atoms. The van der Waals surface area contributed by atoms with Gasteiger partial charge < -0.3 is 16.0 Å². The Labute approximate surface area is 164 Å². The zero-order chi connectivity index (χ0) is 17.4. The lowest BCUT2D eigenvalue weighted by atomic mass is 9.97. The topological polar surface area (TPSA) is 75.4 Å². The van der Waals surface area contributed by atoms with Crippen molar-refractivity contribution in [2.45, 2.75) is 18.6 Å². The molecule has 140 valence electrons. The number of nitrogens with one attached hydrogen (secondary N) is 1. The van der Waals surface area contributed by atoms with Gasteiger partial charge in [-0.2, -0.15) is 0 Å². The van der Waals surface area contributed by atoms with E-state index in [0.717, 1.165) is 30.7 Å². The first-order valence-electron chi connectivity index (χ1n) is 8.18. The van der Waals surface area contributed by atoms with Gasteiger partial charge in [-0.1, -0.05) is 23.7 Å². The predicted molar refractivity (Wildman–Crippen MR) is 106 cm³/mol. The van der Waals surface area contributed by atoms with E-state index >= 15 is 0 Å². The van der Waals surface area contributed by atoms with Crippen molar-refractivity contribution in [2.24, 2.45) is 11.7 Å². The molecule has 0 spiro atoms. The van der Waals surface area contributed by atoms with Gasteiger partial charge in [0.2, 0.25) is 11.8 Å². The molecule has 0 saturated carbocycles. The van der Waals surface area contributed by atoms with E-state index in [4.69, 9.17) is 17.3 Å². The second-order valence-corrected chi connectivity index (χ2v) is 7.30. The van der Waals surface area contributed by atoms with E-state index in [9.17, 15) is 9.59 Å². The smallest absolute Gasteiger partial charge is 0.232 e. The molecule has 5 nitrogen and oxygen atoms in total. The normalized spacial score (nSPS) is 16.9. The van der Waals surface area contributed by atoms with Gasteiger partial charge in [-0.3, -0.25) is 9.59 Å². The number of nitrogens with two attached hydrogens (primary N) is 1. The van der Waals surface area contributed by atoms with Gasteiger partial charge in [-0.25, -0.2) is 0 Å². The molecule has 1 aromatic rings. The van der Waals surface area contributed by atoms with E-state index < -0.39 is 0 Å². The maximum Gasteiger partial charge on any atom is 0.232 e. The van der Waals surface area contributed by atoms with Crippen molar-refractivity contribution in [1.29, 1.82) is 0 Å². The van der Waals surface area contributed by atoms with Crippen LogP contribution in [0.25, 0.3) is 0 Å². The molecule has 8 heteroatoms. The Balaban J connectivity index is 0.00000312. The number of amides is 2. The van der Waals surface area contributed by atoms with Crippen LogP contribution >= 0.6 is 35.8 Å². The van der Waals surface area contributed by atoms with Crippen LogP contribution in [-0.4, -0.2) is 48.6 Å². The molecule has 3 N–H and O–H groups in total. The van der Waals surface area contributed by atoms with Crippen LogP contribution in [0.3, 0.4) is 0 Å². The summed E-state index contributed by atoms with van der Waals surface area (Å²) in [6.45, 7) is 2.16. The summed E-state index contributed by atoms with van der Waals surface area (Å²) in [5.74, 6) is 1.15. The van der Waals surface area contributed by atoms with Gasteiger partial charge >= 0.3 is 0 Å². The van der Waals surface area contributed by atoms with Gasteiger partial charge in [0.25, 0.3) is 0 Å². The largest absolute Gasteiger partial charge is 0.355 e. The van der Waals surface area contributed by atoms with E-state index in [1.807, 2.05) is 24.3 Å². The second kappa shape index (κ2) is 11.6. The van der Waals surface area contributed by atoms with Gasteiger partial charge in [0.15, 0.2) is 0 Å². The average Bonchev–Trinajstić information content (AvgIpc) is 2.59. The fraction of sp³-hybridized carbons (Fsp3) is 0.529. The standard InChI is InChI=1S/C17H24ClN3O2S.ClH/c18-15-5-1-3-13(9-15)11-24-12-16(22)21-8-2-4-14(10-21)17(23)20-7-6-19;/h1,3,5,9,14H,2,4,6-8,10-12,19H2,(H,20,23);1H. The van der Waals surface area contributed by atoms with Crippen LogP contribution in [0.4, 0.5) is 0 Å². The third kappa shape index (κ3) is 7.44. The van der Waals surface area contributed by atoms with Crippen molar-refractivity contribution in [2.75, 3.05) is 31.9 Å². The molecule has 1 aliphatic rings. The number of hydrogen-bond acceptors (Lipinski definition) is 4. The van der Waals surface area contributed by atoms with E-state index in [1.54, 1.807) is 16.7 Å². The maximum absolute atomic E-state index is 12.4. The van der Waals surface area contributed by atoms with Gasteiger partial charge in [0.05, 0.1) is 11.7 Å². The molecule has 0 radical (unpaired) electrons. The quantitative estimate of drug-likeness (QED) is 0.729. The van der Waals surface area contributed by atoms with Crippen molar-refractivity contribution < 1.29 is 9.59 Å². The van der Waals surface area contributed by atoms with Crippen molar-refractivity contribution in [1.82, 2.24) is 10.2 Å². The number of halogens is 2. The highest BCUT2D eigenvalue weighted by molar-refractivity contribution is 7.99. The molecule has 0 aromatic heterocycles. The first-order valence-corrected chi connectivity index (χ1v) is 9.71. The molecule has 1 aliphatic heterocycles. The first kappa shape index (κ1) is 22.1. The summed E-state index contributed by atoms with van der Waals surface area (Å²) in [6, 6.07) is 7.67. The number of likely N-dealkylation sites (tertiary alicyclic amines) is 1. The summed E-state index contributed by atoms with van der Waals surface area (Å²) >= 11 is 7.53. The lowest BCUT2D eigenvalue weighted by molar-refractivity contribution is -0.133. The van der Waals surface area contributed by atoms with Crippen molar-refractivity contribution in [3.05, 3.63) is 34.9 Å². The molecule has 1 unspecified atom stereocenters. The molecular formula is C17H25Cl2N3O2S. The molecule has 0 aliphatic carbocycles. The molecule has 1 atom stereocenters. The summed E-state index contributed by atoms with van der Waals surface area (Å²) in [5, 5.41) is 3.52. The third-order valence-corrected chi connectivity index (χ3v) is 5.20. The lowest BCUT2D eigenvalue weighted by Gasteiger charge is -2.32. The summed E-state index contributed by atoms with van der Waals surface area (Å²) in [4.78, 5) is 26.2. The third-order valence-electron chi connectivity index (χ3n) is 3.97. The number of rotatable bonds is 7. The Morgan fingerprint density at radius 2 is 2.20 bits per heavy atom. The summed E-state index contributed by atoms with van der Waals surface area (Å²) in [5.41, 5.74) is 6.51. The van der Waals surface area contributed by atoms with Crippen molar-refractivity contribution in [3.8, 4) is 0 Å². The number of nitrogens with zero attached hydrogens (tertiary/aromatic N) is 1. The molecular weight excluding hydrogens is 381 g/mol. The highest BCUT2D eigenvalue weighted by atomic mass is 35.5. The molecule has 1 aromatic carbocycles. The summed E-state index contributed by atoms with van der Waals surface area (Å²) in [6.07, 6.45) is 1.70. The summed E-state index contributed by atoms with van der Waals surface area (Å²) in [7, 11) is 0. The summed E-state index contributed by atoms with van der Waals surface area (Å²) < 4.78 is 0. The predicted octanol–water partition coefficient (Wildman–Crippen LogP) is 2.31. The molecule has 1 heterocycles. The van der Waals surface area contributed by atoms with Crippen LogP contribution in [0.15, 0.2) is 24.3 Å². The van der Waals surface area contributed by atoms with Crippen LogP contribution in [-0.2, 0) is 15.3 Å². The van der Waals surface area contributed by atoms with Gasteiger partial charge in [-0.15, -0.1) is 24.2 Å². The molecule has 2 rings (SSSR count). The maximum atomic E-state index is 12.4. The van der Waals surface area contributed by atoms with Crippen LogP contribution in [0, 0.1) is 5.92 Å². The zero-order valence-electron chi connectivity index (χ0n) is 14.1. The van der Waals surface area contributed by atoms with Gasteiger partial charge in [-0.05, 0) is 30.5 Å². The number of benzene rings is 1. The number of hydrogen-bond donors (Lipinski definition) is 2. The fourth-order valence-corrected chi connectivity index (χ4v) is 3.82. The Morgan fingerprint density at radius 3 is 2.92 bits per heavy atom. The minimum Gasteiger partial charge on any atom is -0.355 e. The van der Waals surface area contributed by atoms with Crippen LogP contribution in [0.5, 0.6) is 0 Å². The Kier molecular flexibility index (Phi) is 10.3. The monoisotopic (exact) mass is 405 g/mol. The lowest BCUT2D eigenvalue weighted by Crippen LogP contribution is -2.46. The van der Waals surface area contributed by atoms with E-state index in [-0.39, 0.29) is 30.1 Å². The molecule has 2 amide bonds. The highest BCUT2D eigenvalue weighted by Crippen LogP contribution is 2.20. The zero-order valence-corrected chi connectivity index (χ0v) is 16.5. The van der Waals surface area contributed by atoms with Gasteiger partial charge in [0, 0.05) is 37.0 Å². The number of thioether (sulfide) groups is 1. The SMILES string of the molecule is Cl.NCCNC(=O)C1CCCN(C(=O)CSCc2cccc(Cl)c2)C1. The van der Waals surface area contributed by atoms with Crippen LogP contribution < -0.4 is 11.1 Å². The number of piperidine rings is 1. The Bertz CT molecular complexity index is 575. The van der Waals surface area contributed by atoms with Crippen LogP contribution in [0.1, 0.15) is 18.4 Å². The van der Waals surface area contributed by atoms with Gasteiger partial charge in [0.1, 0.15) is 0 Å². The van der Waals surface area contributed by atoms with E-state index in [2.05, 4.69) is 5.32 Å². The highest BCUT2D eigenvalue weighted by Gasteiger charge is 2.27. The Morgan fingerprint density at radius 1 is 1.40 bits per heavy atom. The second-order valence-electron chi connectivity index (χ2n) is 5.88. The number of carbonyl (C=O) groups excluding carboxylic acids is 2. The van der Waals surface area contributed by atoms with E-state index in [1.165, 1.54) is 0 Å². The average molecular weight is 406 g/mol. The van der Waals surface area contributed by atoms with Crippen molar-refractivity contribution >= 4 is 47.6 Å². The minimum absolute atomic E-state index is 0. The fourth-order valence-electron chi connectivity index (χ4n) is 2.73. The number of carbonyl (C=O) groups is 2. The van der Waals surface area contributed by atoms with Crippen LogP contribution in [0.2, 0.25) is 5.02 Å². The van der Waals surface area contributed by atoms with Crippen molar-refractivity contribution in [3.63, 3.8) is 0 Å². The molecule has 0 bridgehead atoms. The first-order chi connectivity index (χ1) is 11.6. The molecule has 1 saturated heterocycles.